The molecule has 122 valence electrons. The Labute approximate surface area is 143 Å². The van der Waals surface area contributed by atoms with Gasteiger partial charge in [-0.05, 0) is 30.4 Å². The lowest BCUT2D eigenvalue weighted by Crippen LogP contribution is -2.31. The number of carbonyl (C=O) groups excluding carboxylic acids is 1. The Hall–Kier alpha value is -2.54. The Kier molecular flexibility index (Phi) is 3.86. The molecule has 1 saturated heterocycles. The first-order chi connectivity index (χ1) is 11.7. The van der Waals surface area contributed by atoms with Crippen LogP contribution in [0.1, 0.15) is 34.4 Å². The fraction of sp³-hybridized carbons (Fsp3) is 0.294. The Morgan fingerprint density at radius 3 is 2.83 bits per heavy atom. The number of hydrogen-bond acceptors (Lipinski definition) is 5. The third-order valence-corrected chi connectivity index (χ3v) is 5.06. The van der Waals surface area contributed by atoms with Crippen LogP contribution < -0.4 is 0 Å². The molecule has 7 heteroatoms. The maximum atomic E-state index is 12.9. The lowest BCUT2D eigenvalue weighted by atomic mass is 10.1. The van der Waals surface area contributed by atoms with Gasteiger partial charge in [-0.2, -0.15) is 9.47 Å². The van der Waals surface area contributed by atoms with Crippen LogP contribution in [0.5, 0.6) is 0 Å². The van der Waals surface area contributed by atoms with Crippen molar-refractivity contribution in [1.82, 2.24) is 24.0 Å². The molecule has 1 amide bonds. The predicted molar refractivity (Wildman–Crippen MR) is 91.6 cm³/mol. The third kappa shape index (κ3) is 2.60. The van der Waals surface area contributed by atoms with E-state index in [1.165, 1.54) is 11.5 Å². The minimum absolute atomic E-state index is 0.0432. The van der Waals surface area contributed by atoms with E-state index in [0.29, 0.717) is 10.8 Å². The Balaban J connectivity index is 1.60. The highest BCUT2D eigenvalue weighted by Gasteiger charge is 2.33. The smallest absolute Gasteiger partial charge is 0.285 e. The molecule has 1 unspecified atom stereocenters. The summed E-state index contributed by atoms with van der Waals surface area (Å²) in [4.78, 5) is 19.3. The molecule has 0 spiro atoms. The summed E-state index contributed by atoms with van der Waals surface area (Å²) in [7, 11) is 1.91. The zero-order chi connectivity index (χ0) is 16.5. The average molecular weight is 339 g/mol. The number of aromatic nitrogens is 4. The van der Waals surface area contributed by atoms with Crippen molar-refractivity contribution >= 4 is 17.4 Å². The summed E-state index contributed by atoms with van der Waals surface area (Å²) in [5.74, 6) is 0.568. The van der Waals surface area contributed by atoms with Crippen molar-refractivity contribution in [3.05, 3.63) is 53.3 Å². The van der Waals surface area contributed by atoms with Crippen LogP contribution in [0.25, 0.3) is 11.4 Å². The zero-order valence-electron chi connectivity index (χ0n) is 13.3. The van der Waals surface area contributed by atoms with Crippen molar-refractivity contribution in [2.24, 2.45) is 7.05 Å². The molecule has 6 nitrogen and oxygen atoms in total. The number of amides is 1. The monoisotopic (exact) mass is 339 g/mol. The van der Waals surface area contributed by atoms with Gasteiger partial charge in [0.15, 0.2) is 5.82 Å². The van der Waals surface area contributed by atoms with E-state index in [4.69, 9.17) is 0 Å². The zero-order valence-corrected chi connectivity index (χ0v) is 14.1. The molecule has 0 radical (unpaired) electrons. The van der Waals surface area contributed by atoms with Gasteiger partial charge in [0.2, 0.25) is 5.01 Å². The number of carbonyl (C=O) groups is 1. The van der Waals surface area contributed by atoms with Gasteiger partial charge >= 0.3 is 0 Å². The quantitative estimate of drug-likeness (QED) is 0.736. The summed E-state index contributed by atoms with van der Waals surface area (Å²) in [5, 5.41) is 4.67. The molecule has 3 aromatic rings. The molecule has 3 heterocycles. The maximum Gasteiger partial charge on any atom is 0.285 e. The van der Waals surface area contributed by atoms with E-state index in [9.17, 15) is 4.79 Å². The molecule has 1 atom stereocenters. The normalized spacial score (nSPS) is 17.4. The first-order valence-corrected chi connectivity index (χ1v) is 8.69. The third-order valence-electron chi connectivity index (χ3n) is 4.35. The minimum Gasteiger partial charge on any atom is -0.328 e. The van der Waals surface area contributed by atoms with Gasteiger partial charge in [-0.15, -0.1) is 0 Å². The van der Waals surface area contributed by atoms with Gasteiger partial charge in [0.05, 0.1) is 11.7 Å². The van der Waals surface area contributed by atoms with Gasteiger partial charge in [0.1, 0.15) is 0 Å². The second-order valence-corrected chi connectivity index (χ2v) is 6.58. The SMILES string of the molecule is Cn1nccc1C1CCCN1C(=O)c1nc(-c2ccccc2)ns1. The lowest BCUT2D eigenvalue weighted by Gasteiger charge is -2.23. The van der Waals surface area contributed by atoms with E-state index >= 15 is 0 Å². The van der Waals surface area contributed by atoms with Crippen LogP contribution in [0.2, 0.25) is 0 Å². The van der Waals surface area contributed by atoms with Gasteiger partial charge < -0.3 is 4.90 Å². The van der Waals surface area contributed by atoms with Crippen LogP contribution in [-0.2, 0) is 7.05 Å². The summed E-state index contributed by atoms with van der Waals surface area (Å²) >= 11 is 1.17. The van der Waals surface area contributed by atoms with Crippen LogP contribution >= 0.6 is 11.5 Å². The van der Waals surface area contributed by atoms with Gasteiger partial charge in [-0.1, -0.05) is 30.3 Å². The van der Waals surface area contributed by atoms with E-state index in [1.807, 2.05) is 53.0 Å². The molecular formula is C17H17N5OS. The average Bonchev–Trinajstić information content (AvgIpc) is 3.35. The Bertz CT molecular complexity index is 857. The minimum atomic E-state index is -0.0432. The van der Waals surface area contributed by atoms with Crippen molar-refractivity contribution in [3.8, 4) is 11.4 Å². The van der Waals surface area contributed by atoms with E-state index in [0.717, 1.165) is 30.6 Å². The number of aryl methyl sites for hydroxylation is 1. The van der Waals surface area contributed by atoms with Crippen LogP contribution in [0.3, 0.4) is 0 Å². The standard InChI is InChI=1S/C17H17N5OS/c1-21-13(9-10-18-21)14-8-5-11-22(14)17(23)16-19-15(20-24-16)12-6-3-2-4-7-12/h2-4,6-7,9-10,14H,5,8,11H2,1H3. The molecule has 1 aliphatic rings. The highest BCUT2D eigenvalue weighted by Crippen LogP contribution is 2.33. The van der Waals surface area contributed by atoms with Gasteiger partial charge in [0, 0.05) is 25.4 Å². The summed E-state index contributed by atoms with van der Waals surface area (Å²) in [6.45, 7) is 0.745. The largest absolute Gasteiger partial charge is 0.328 e. The molecule has 2 aromatic heterocycles. The second kappa shape index (κ2) is 6.16. The van der Waals surface area contributed by atoms with Crippen LogP contribution in [0.4, 0.5) is 0 Å². The topological polar surface area (TPSA) is 63.9 Å². The molecule has 4 rings (SSSR count). The molecule has 0 bridgehead atoms. The van der Waals surface area contributed by atoms with E-state index in [2.05, 4.69) is 14.5 Å². The van der Waals surface area contributed by atoms with Crippen molar-refractivity contribution in [2.75, 3.05) is 6.54 Å². The van der Waals surface area contributed by atoms with E-state index in [1.54, 1.807) is 6.20 Å². The molecule has 1 fully saturated rings. The number of hydrogen-bond donors (Lipinski definition) is 0. The van der Waals surface area contributed by atoms with Crippen molar-refractivity contribution < 1.29 is 4.79 Å². The Morgan fingerprint density at radius 1 is 1.25 bits per heavy atom. The fourth-order valence-corrected chi connectivity index (χ4v) is 3.81. The van der Waals surface area contributed by atoms with Gasteiger partial charge in [0.25, 0.3) is 5.91 Å². The van der Waals surface area contributed by atoms with Crippen molar-refractivity contribution in [2.45, 2.75) is 18.9 Å². The number of nitrogens with zero attached hydrogens (tertiary/aromatic N) is 5. The summed E-state index contributed by atoms with van der Waals surface area (Å²) in [5.41, 5.74) is 1.99. The summed E-state index contributed by atoms with van der Waals surface area (Å²) in [6, 6.07) is 11.8. The summed E-state index contributed by atoms with van der Waals surface area (Å²) in [6.07, 6.45) is 3.72. The molecule has 0 saturated carbocycles. The van der Waals surface area contributed by atoms with E-state index < -0.39 is 0 Å². The number of likely N-dealkylation sites (tertiary alicyclic amines) is 1. The van der Waals surface area contributed by atoms with Gasteiger partial charge in [-0.25, -0.2) is 4.98 Å². The molecule has 24 heavy (non-hydrogen) atoms. The predicted octanol–water partition coefficient (Wildman–Crippen LogP) is 2.92. The van der Waals surface area contributed by atoms with Crippen LogP contribution in [0.15, 0.2) is 42.6 Å². The van der Waals surface area contributed by atoms with Crippen LogP contribution in [-0.4, -0.2) is 36.5 Å². The molecule has 0 aliphatic carbocycles. The highest BCUT2D eigenvalue weighted by molar-refractivity contribution is 7.07. The molecular weight excluding hydrogens is 322 g/mol. The van der Waals surface area contributed by atoms with Crippen molar-refractivity contribution in [3.63, 3.8) is 0 Å². The summed E-state index contributed by atoms with van der Waals surface area (Å²) < 4.78 is 6.19. The first-order valence-electron chi connectivity index (χ1n) is 7.92. The second-order valence-electron chi connectivity index (χ2n) is 5.83. The van der Waals surface area contributed by atoms with E-state index in [-0.39, 0.29) is 11.9 Å². The van der Waals surface area contributed by atoms with Crippen molar-refractivity contribution in [1.29, 1.82) is 0 Å². The maximum absolute atomic E-state index is 12.9. The number of rotatable bonds is 3. The number of benzene rings is 1. The molecule has 0 N–H and O–H groups in total. The highest BCUT2D eigenvalue weighted by atomic mass is 32.1. The fourth-order valence-electron chi connectivity index (χ4n) is 3.17. The molecule has 1 aliphatic heterocycles. The molecule has 1 aromatic carbocycles. The Morgan fingerprint density at radius 2 is 2.08 bits per heavy atom. The van der Waals surface area contributed by atoms with Crippen LogP contribution in [0, 0.1) is 0 Å². The first kappa shape index (κ1) is 15.0. The van der Waals surface area contributed by atoms with Gasteiger partial charge in [-0.3, -0.25) is 9.48 Å². The lowest BCUT2D eigenvalue weighted by molar-refractivity contribution is 0.0730.